The topological polar surface area (TPSA) is 43.2 Å². The normalized spacial score (nSPS) is 29.9. The van der Waals surface area contributed by atoms with Gasteiger partial charge < -0.3 is 9.30 Å². The van der Waals surface area contributed by atoms with Crippen LogP contribution in [0.4, 0.5) is 0 Å². The Morgan fingerprint density at radius 3 is 2.52 bits per heavy atom. The second-order valence-corrected chi connectivity index (χ2v) is 7.90. The number of ether oxygens (including phenoxy) is 1. The first-order chi connectivity index (χ1) is 11.3. The van der Waals surface area contributed by atoms with E-state index in [4.69, 9.17) is 4.74 Å². The van der Waals surface area contributed by atoms with Crippen molar-refractivity contribution in [1.29, 1.82) is 0 Å². The summed E-state index contributed by atoms with van der Waals surface area (Å²) in [4.78, 5) is 2.80. The highest BCUT2D eigenvalue weighted by molar-refractivity contribution is 5.13. The molecule has 5 nitrogen and oxygen atoms in total. The van der Waals surface area contributed by atoms with E-state index in [1.807, 2.05) is 6.33 Å². The van der Waals surface area contributed by atoms with Crippen LogP contribution in [0.25, 0.3) is 0 Å². The van der Waals surface area contributed by atoms with Gasteiger partial charge >= 0.3 is 0 Å². The second-order valence-electron chi connectivity index (χ2n) is 7.90. The zero-order valence-corrected chi connectivity index (χ0v) is 14.4. The van der Waals surface area contributed by atoms with Gasteiger partial charge in [-0.05, 0) is 31.1 Å². The maximum absolute atomic E-state index is 5.69. The van der Waals surface area contributed by atoms with E-state index >= 15 is 0 Å². The van der Waals surface area contributed by atoms with Crippen LogP contribution in [0.2, 0.25) is 0 Å². The zero-order valence-electron chi connectivity index (χ0n) is 14.4. The molecule has 128 valence electrons. The molecule has 1 unspecified atom stereocenters. The van der Waals surface area contributed by atoms with Crippen molar-refractivity contribution in [3.05, 3.63) is 12.2 Å². The summed E-state index contributed by atoms with van der Waals surface area (Å²) in [6.45, 7) is 4.22. The molecule has 23 heavy (non-hydrogen) atoms. The van der Waals surface area contributed by atoms with Crippen LogP contribution in [0.5, 0.6) is 0 Å². The number of aromatic nitrogens is 3. The third kappa shape index (κ3) is 2.93. The number of nitrogens with zero attached hydrogens (tertiary/aromatic N) is 4. The highest BCUT2D eigenvalue weighted by Gasteiger charge is 2.50. The predicted octanol–water partition coefficient (Wildman–Crippen LogP) is 2.73. The predicted molar refractivity (Wildman–Crippen MR) is 89.3 cm³/mol. The fraction of sp³-hybridized carbons (Fsp3) is 0.889. The molecule has 0 amide bonds. The monoisotopic (exact) mass is 318 g/mol. The number of rotatable bonds is 2. The molecule has 2 aliphatic heterocycles. The van der Waals surface area contributed by atoms with Gasteiger partial charge in [0.1, 0.15) is 12.2 Å². The number of hydrogen-bond acceptors (Lipinski definition) is 4. The molecule has 0 radical (unpaired) electrons. The molecule has 1 aromatic heterocycles. The van der Waals surface area contributed by atoms with Crippen molar-refractivity contribution in [2.45, 2.75) is 63.3 Å². The minimum absolute atomic E-state index is 0.353. The van der Waals surface area contributed by atoms with Gasteiger partial charge in [-0.25, -0.2) is 0 Å². The van der Waals surface area contributed by atoms with Crippen LogP contribution in [-0.4, -0.2) is 52.0 Å². The van der Waals surface area contributed by atoms with E-state index < -0.39 is 0 Å². The highest BCUT2D eigenvalue weighted by Crippen LogP contribution is 2.50. The van der Waals surface area contributed by atoms with E-state index in [0.29, 0.717) is 11.3 Å². The Bertz CT molecular complexity index is 515. The summed E-state index contributed by atoms with van der Waals surface area (Å²) in [7, 11) is 2.09. The van der Waals surface area contributed by atoms with Gasteiger partial charge in [0.05, 0.1) is 0 Å². The van der Waals surface area contributed by atoms with Gasteiger partial charge in [0.15, 0.2) is 0 Å². The Hall–Kier alpha value is -0.940. The molecule has 1 saturated carbocycles. The van der Waals surface area contributed by atoms with Gasteiger partial charge in [-0.1, -0.05) is 25.7 Å². The zero-order chi connectivity index (χ0) is 15.7. The van der Waals surface area contributed by atoms with E-state index in [1.54, 1.807) is 0 Å². The second kappa shape index (κ2) is 6.52. The van der Waals surface area contributed by atoms with Crippen molar-refractivity contribution in [3.63, 3.8) is 0 Å². The molecule has 3 aliphatic rings. The minimum atomic E-state index is 0.353. The molecule has 0 bridgehead atoms. The SMILES string of the molecule is Cn1cnnc1C1CN(C2CCCCCC2)CC12CCOCC2. The number of hydrogen-bond donors (Lipinski definition) is 0. The Labute approximate surface area is 139 Å². The molecule has 3 fully saturated rings. The lowest BCUT2D eigenvalue weighted by Gasteiger charge is -2.38. The maximum Gasteiger partial charge on any atom is 0.137 e. The van der Waals surface area contributed by atoms with Gasteiger partial charge in [0.25, 0.3) is 0 Å². The van der Waals surface area contributed by atoms with Crippen molar-refractivity contribution in [2.75, 3.05) is 26.3 Å². The Kier molecular flexibility index (Phi) is 4.41. The molecule has 1 spiro atoms. The Balaban J connectivity index is 1.59. The van der Waals surface area contributed by atoms with Gasteiger partial charge in [0, 0.05) is 45.3 Å². The smallest absolute Gasteiger partial charge is 0.137 e. The van der Waals surface area contributed by atoms with E-state index in [1.165, 1.54) is 63.7 Å². The van der Waals surface area contributed by atoms with E-state index in [9.17, 15) is 0 Å². The molecular formula is C18H30N4O. The molecule has 4 rings (SSSR count). The van der Waals surface area contributed by atoms with Gasteiger partial charge in [-0.2, -0.15) is 0 Å². The third-order valence-corrected chi connectivity index (χ3v) is 6.56. The summed E-state index contributed by atoms with van der Waals surface area (Å²) in [5.74, 6) is 1.70. The Morgan fingerprint density at radius 2 is 1.87 bits per heavy atom. The van der Waals surface area contributed by atoms with Crippen LogP contribution < -0.4 is 0 Å². The largest absolute Gasteiger partial charge is 0.381 e. The van der Waals surface area contributed by atoms with E-state index in [-0.39, 0.29) is 0 Å². The molecule has 0 N–H and O–H groups in total. The van der Waals surface area contributed by atoms with Crippen molar-refractivity contribution in [1.82, 2.24) is 19.7 Å². The van der Waals surface area contributed by atoms with Gasteiger partial charge in [-0.3, -0.25) is 4.90 Å². The first-order valence-electron chi connectivity index (χ1n) is 9.44. The number of aryl methyl sites for hydroxylation is 1. The van der Waals surface area contributed by atoms with Crippen LogP contribution >= 0.6 is 0 Å². The van der Waals surface area contributed by atoms with Crippen molar-refractivity contribution in [3.8, 4) is 0 Å². The maximum atomic E-state index is 5.69. The van der Waals surface area contributed by atoms with Crippen molar-refractivity contribution >= 4 is 0 Å². The summed E-state index contributed by atoms with van der Waals surface area (Å²) >= 11 is 0. The van der Waals surface area contributed by atoms with Crippen LogP contribution in [0, 0.1) is 5.41 Å². The average Bonchev–Trinajstić information content (AvgIpc) is 3.01. The fourth-order valence-corrected chi connectivity index (χ4v) is 5.16. The fourth-order valence-electron chi connectivity index (χ4n) is 5.16. The molecule has 1 atom stereocenters. The van der Waals surface area contributed by atoms with Crippen LogP contribution in [0.15, 0.2) is 6.33 Å². The molecular weight excluding hydrogens is 288 g/mol. The summed E-state index contributed by atoms with van der Waals surface area (Å²) < 4.78 is 7.83. The van der Waals surface area contributed by atoms with Crippen LogP contribution in [0.3, 0.4) is 0 Å². The quantitative estimate of drug-likeness (QED) is 0.787. The molecule has 3 heterocycles. The van der Waals surface area contributed by atoms with E-state index in [0.717, 1.165) is 25.8 Å². The Morgan fingerprint density at radius 1 is 1.13 bits per heavy atom. The molecule has 0 aromatic carbocycles. The summed E-state index contributed by atoms with van der Waals surface area (Å²) in [5.41, 5.74) is 0.353. The lowest BCUT2D eigenvalue weighted by Crippen LogP contribution is -2.38. The van der Waals surface area contributed by atoms with Crippen molar-refractivity contribution in [2.24, 2.45) is 12.5 Å². The highest BCUT2D eigenvalue weighted by atomic mass is 16.5. The summed E-state index contributed by atoms with van der Waals surface area (Å²) in [6, 6.07) is 0.787. The molecule has 1 aromatic rings. The third-order valence-electron chi connectivity index (χ3n) is 6.56. The molecule has 1 aliphatic carbocycles. The van der Waals surface area contributed by atoms with Gasteiger partial charge in [0.2, 0.25) is 0 Å². The van der Waals surface area contributed by atoms with Crippen molar-refractivity contribution < 1.29 is 4.74 Å². The number of likely N-dealkylation sites (tertiary alicyclic amines) is 1. The van der Waals surface area contributed by atoms with Crippen LogP contribution in [-0.2, 0) is 11.8 Å². The summed E-state index contributed by atoms with van der Waals surface area (Å²) in [6.07, 6.45) is 12.7. The van der Waals surface area contributed by atoms with E-state index in [2.05, 4.69) is 26.7 Å². The summed E-state index contributed by atoms with van der Waals surface area (Å²) in [5, 5.41) is 8.65. The average molecular weight is 318 g/mol. The first kappa shape index (κ1) is 15.6. The standard InChI is InChI=1S/C18H30N4O/c1-21-14-19-20-17(21)16-12-22(15-6-4-2-3-5-7-15)13-18(16)8-10-23-11-9-18/h14-16H,2-13H2,1H3. The van der Waals surface area contributed by atoms with Gasteiger partial charge in [-0.15, -0.1) is 10.2 Å². The lowest BCUT2D eigenvalue weighted by atomic mass is 9.72. The molecule has 2 saturated heterocycles. The minimum Gasteiger partial charge on any atom is -0.381 e. The lowest BCUT2D eigenvalue weighted by molar-refractivity contribution is 0.00868. The van der Waals surface area contributed by atoms with Crippen LogP contribution in [0.1, 0.15) is 63.1 Å². The molecule has 5 heteroatoms. The first-order valence-corrected chi connectivity index (χ1v) is 9.44.